The molecule has 2 nitrogen and oxygen atoms in total. The van der Waals surface area contributed by atoms with Gasteiger partial charge in [-0.15, -0.1) is 0 Å². The maximum absolute atomic E-state index is 6.08. The standard InChI is InChI=1S/C18H33NOS/c1-3-20-17-13-16(18(17)10-6-5-7-11-18)19-14-8-9-15(12-14)21-4-2/h14-17,19H,3-13H2,1-2H3. The Morgan fingerprint density at radius 1 is 1.10 bits per heavy atom. The van der Waals surface area contributed by atoms with Gasteiger partial charge in [-0.2, -0.15) is 11.8 Å². The Morgan fingerprint density at radius 3 is 2.62 bits per heavy atom. The molecule has 1 N–H and O–H groups in total. The molecule has 0 aromatic rings. The van der Waals surface area contributed by atoms with Crippen LogP contribution in [0.25, 0.3) is 0 Å². The van der Waals surface area contributed by atoms with Crippen molar-refractivity contribution in [2.45, 2.75) is 95.1 Å². The Bertz CT molecular complexity index is 329. The minimum atomic E-state index is 0.490. The summed E-state index contributed by atoms with van der Waals surface area (Å²) in [6.45, 7) is 5.33. The largest absolute Gasteiger partial charge is 0.378 e. The SMILES string of the molecule is CCOC1CC(NC2CCC(SCC)C2)C12CCCCC2. The lowest BCUT2D eigenvalue weighted by atomic mass is 9.55. The number of nitrogens with one attached hydrogen (secondary N) is 1. The first kappa shape index (κ1) is 16.1. The number of hydrogen-bond donors (Lipinski definition) is 1. The summed E-state index contributed by atoms with van der Waals surface area (Å²) in [5.74, 6) is 1.27. The minimum Gasteiger partial charge on any atom is -0.378 e. The zero-order valence-corrected chi connectivity index (χ0v) is 14.7. The molecule has 3 fully saturated rings. The molecular weight excluding hydrogens is 278 g/mol. The molecule has 0 amide bonds. The van der Waals surface area contributed by atoms with Crippen LogP contribution in [-0.4, -0.2) is 35.8 Å². The number of rotatable bonds is 6. The molecule has 0 aromatic heterocycles. The molecule has 3 heteroatoms. The normalized spacial score (nSPS) is 38.6. The van der Waals surface area contributed by atoms with Crippen LogP contribution in [0.1, 0.15) is 71.6 Å². The summed E-state index contributed by atoms with van der Waals surface area (Å²) in [7, 11) is 0. The lowest BCUT2D eigenvalue weighted by Gasteiger charge is -2.58. The molecule has 0 aromatic carbocycles. The molecule has 0 saturated heterocycles. The summed E-state index contributed by atoms with van der Waals surface area (Å²) >= 11 is 2.17. The average Bonchev–Trinajstić information content (AvgIpc) is 2.95. The molecule has 21 heavy (non-hydrogen) atoms. The quantitative estimate of drug-likeness (QED) is 0.786. The van der Waals surface area contributed by atoms with Crippen molar-refractivity contribution in [2.24, 2.45) is 5.41 Å². The predicted molar refractivity (Wildman–Crippen MR) is 92.0 cm³/mol. The highest BCUT2D eigenvalue weighted by Crippen LogP contribution is 2.53. The van der Waals surface area contributed by atoms with Crippen molar-refractivity contribution in [3.05, 3.63) is 0 Å². The second-order valence-corrected chi connectivity index (χ2v) is 8.86. The van der Waals surface area contributed by atoms with Crippen LogP contribution in [0.2, 0.25) is 0 Å². The van der Waals surface area contributed by atoms with Crippen molar-refractivity contribution < 1.29 is 4.74 Å². The second-order valence-electron chi connectivity index (χ2n) is 7.28. The van der Waals surface area contributed by atoms with E-state index in [0.717, 1.165) is 23.9 Å². The third-order valence-electron chi connectivity index (χ3n) is 6.16. The fourth-order valence-electron chi connectivity index (χ4n) is 5.06. The van der Waals surface area contributed by atoms with Crippen molar-refractivity contribution in [2.75, 3.05) is 12.4 Å². The third-order valence-corrected chi connectivity index (χ3v) is 7.39. The Labute approximate surface area is 135 Å². The second kappa shape index (κ2) is 7.23. The van der Waals surface area contributed by atoms with Gasteiger partial charge in [0.25, 0.3) is 0 Å². The van der Waals surface area contributed by atoms with Gasteiger partial charge in [-0.05, 0) is 51.2 Å². The van der Waals surface area contributed by atoms with Crippen molar-refractivity contribution >= 4 is 11.8 Å². The molecule has 0 heterocycles. The van der Waals surface area contributed by atoms with Crippen LogP contribution in [0, 0.1) is 5.41 Å². The van der Waals surface area contributed by atoms with Crippen LogP contribution in [0.15, 0.2) is 0 Å². The van der Waals surface area contributed by atoms with Gasteiger partial charge in [0.05, 0.1) is 6.10 Å². The van der Waals surface area contributed by atoms with Gasteiger partial charge < -0.3 is 10.1 Å². The summed E-state index contributed by atoms with van der Waals surface area (Å²) in [4.78, 5) is 0. The number of ether oxygens (including phenoxy) is 1. The zero-order chi connectivity index (χ0) is 14.7. The molecule has 4 unspecified atom stereocenters. The summed E-state index contributed by atoms with van der Waals surface area (Å²) in [5.41, 5.74) is 0.490. The Morgan fingerprint density at radius 2 is 1.90 bits per heavy atom. The van der Waals surface area contributed by atoms with Crippen molar-refractivity contribution in [3.8, 4) is 0 Å². The van der Waals surface area contributed by atoms with E-state index in [1.54, 1.807) is 0 Å². The van der Waals surface area contributed by atoms with Crippen molar-refractivity contribution in [3.63, 3.8) is 0 Å². The van der Waals surface area contributed by atoms with Crippen LogP contribution < -0.4 is 5.32 Å². The van der Waals surface area contributed by atoms with Gasteiger partial charge in [0, 0.05) is 29.4 Å². The van der Waals surface area contributed by atoms with E-state index in [1.807, 2.05) is 0 Å². The highest BCUT2D eigenvalue weighted by molar-refractivity contribution is 7.99. The highest BCUT2D eigenvalue weighted by Gasteiger charge is 2.55. The Kier molecular flexibility index (Phi) is 5.55. The van der Waals surface area contributed by atoms with E-state index in [1.165, 1.54) is 63.5 Å². The molecule has 3 aliphatic carbocycles. The van der Waals surface area contributed by atoms with Gasteiger partial charge in [-0.1, -0.05) is 26.2 Å². The van der Waals surface area contributed by atoms with Crippen LogP contribution in [0.5, 0.6) is 0 Å². The minimum absolute atomic E-state index is 0.490. The van der Waals surface area contributed by atoms with E-state index in [0.29, 0.717) is 11.5 Å². The number of thioether (sulfide) groups is 1. The predicted octanol–water partition coefficient (Wildman–Crippen LogP) is 4.38. The van der Waals surface area contributed by atoms with Gasteiger partial charge >= 0.3 is 0 Å². The Hall–Kier alpha value is 0.270. The highest BCUT2D eigenvalue weighted by atomic mass is 32.2. The lowest BCUT2D eigenvalue weighted by molar-refractivity contribution is -0.152. The van der Waals surface area contributed by atoms with E-state index >= 15 is 0 Å². The van der Waals surface area contributed by atoms with Crippen LogP contribution in [-0.2, 0) is 4.74 Å². The van der Waals surface area contributed by atoms with Gasteiger partial charge in [0.15, 0.2) is 0 Å². The topological polar surface area (TPSA) is 21.3 Å². The van der Waals surface area contributed by atoms with Gasteiger partial charge in [-0.3, -0.25) is 0 Å². The zero-order valence-electron chi connectivity index (χ0n) is 13.9. The van der Waals surface area contributed by atoms with Crippen LogP contribution in [0.3, 0.4) is 0 Å². The van der Waals surface area contributed by atoms with Gasteiger partial charge in [-0.25, -0.2) is 0 Å². The molecule has 3 aliphatic rings. The van der Waals surface area contributed by atoms with E-state index in [9.17, 15) is 0 Å². The molecule has 0 bridgehead atoms. The van der Waals surface area contributed by atoms with Gasteiger partial charge in [0.1, 0.15) is 0 Å². The lowest BCUT2D eigenvalue weighted by Crippen LogP contribution is -2.65. The maximum Gasteiger partial charge on any atom is 0.0661 e. The molecule has 0 aliphatic heterocycles. The fraction of sp³-hybridized carbons (Fsp3) is 1.00. The summed E-state index contributed by atoms with van der Waals surface area (Å²) < 4.78 is 6.08. The molecule has 4 atom stereocenters. The van der Waals surface area contributed by atoms with E-state index in [2.05, 4.69) is 30.9 Å². The summed E-state index contributed by atoms with van der Waals surface area (Å²) in [5, 5.41) is 4.97. The van der Waals surface area contributed by atoms with E-state index < -0.39 is 0 Å². The molecular formula is C18H33NOS. The van der Waals surface area contributed by atoms with E-state index in [4.69, 9.17) is 4.74 Å². The monoisotopic (exact) mass is 311 g/mol. The first-order valence-corrected chi connectivity index (χ1v) is 10.3. The third kappa shape index (κ3) is 3.30. The maximum atomic E-state index is 6.08. The molecule has 3 saturated carbocycles. The smallest absolute Gasteiger partial charge is 0.0661 e. The van der Waals surface area contributed by atoms with Crippen molar-refractivity contribution in [1.29, 1.82) is 0 Å². The number of hydrogen-bond acceptors (Lipinski definition) is 3. The first-order chi connectivity index (χ1) is 10.3. The first-order valence-electron chi connectivity index (χ1n) is 9.27. The molecule has 122 valence electrons. The van der Waals surface area contributed by atoms with Gasteiger partial charge in [0.2, 0.25) is 0 Å². The van der Waals surface area contributed by atoms with Crippen LogP contribution in [0.4, 0.5) is 0 Å². The van der Waals surface area contributed by atoms with Crippen molar-refractivity contribution in [1.82, 2.24) is 5.32 Å². The Balaban J connectivity index is 1.55. The molecule has 1 spiro atoms. The molecule has 0 radical (unpaired) electrons. The average molecular weight is 312 g/mol. The fourth-order valence-corrected chi connectivity index (χ4v) is 6.20. The van der Waals surface area contributed by atoms with Crippen LogP contribution >= 0.6 is 11.8 Å². The summed E-state index contributed by atoms with van der Waals surface area (Å²) in [6.07, 6.45) is 13.1. The summed E-state index contributed by atoms with van der Waals surface area (Å²) in [6, 6.07) is 1.52. The molecule has 3 rings (SSSR count). The van der Waals surface area contributed by atoms with E-state index in [-0.39, 0.29) is 0 Å².